The monoisotopic (exact) mass is 329 g/mol. The number of sulfonamides is 1. The molecule has 0 saturated heterocycles. The van der Waals surface area contributed by atoms with Crippen LogP contribution in [0.25, 0.3) is 0 Å². The highest BCUT2D eigenvalue weighted by Gasteiger charge is 2.40. The summed E-state index contributed by atoms with van der Waals surface area (Å²) in [6.07, 6.45) is -5.10. The van der Waals surface area contributed by atoms with Crippen LogP contribution in [0.3, 0.4) is 0 Å². The van der Waals surface area contributed by atoms with Gasteiger partial charge in [0.15, 0.2) is 0 Å². The van der Waals surface area contributed by atoms with Crippen molar-refractivity contribution in [3.05, 3.63) is 29.6 Å². The molecule has 1 aromatic carbocycles. The smallest absolute Gasteiger partial charge is 0.417 e. The van der Waals surface area contributed by atoms with Gasteiger partial charge >= 0.3 is 12.1 Å². The second kappa shape index (κ2) is 5.60. The highest BCUT2D eigenvalue weighted by Crippen LogP contribution is 2.35. The Bertz CT molecular complexity index is 657. The topological polar surface area (TPSA) is 74.7 Å². The van der Waals surface area contributed by atoms with E-state index in [-0.39, 0.29) is 10.4 Å². The highest BCUT2D eigenvalue weighted by molar-refractivity contribution is 7.89. The van der Waals surface area contributed by atoms with E-state index in [9.17, 15) is 30.8 Å². The zero-order valence-corrected chi connectivity index (χ0v) is 11.7. The summed E-state index contributed by atoms with van der Waals surface area (Å²) in [5, 5.41) is 8.75. The van der Waals surface area contributed by atoms with E-state index in [1.807, 2.05) is 0 Å². The van der Waals surface area contributed by atoms with E-state index >= 15 is 0 Å². The molecule has 0 radical (unpaired) electrons. The Kier molecular flexibility index (Phi) is 4.63. The summed E-state index contributed by atoms with van der Waals surface area (Å²) in [4.78, 5) is 9.56. The van der Waals surface area contributed by atoms with Crippen molar-refractivity contribution < 1.29 is 35.9 Å². The van der Waals surface area contributed by atoms with Crippen molar-refractivity contribution in [2.75, 3.05) is 7.05 Å². The Morgan fingerprint density at radius 1 is 1.33 bits per heavy atom. The maximum atomic E-state index is 13.0. The molecule has 0 spiro atoms. The Labute approximate surface area is 117 Å². The van der Waals surface area contributed by atoms with Gasteiger partial charge in [0.25, 0.3) is 0 Å². The molecular formula is C11H11F4NO4S. The quantitative estimate of drug-likeness (QED) is 0.857. The average Bonchev–Trinajstić information content (AvgIpc) is 2.35. The number of benzene rings is 1. The molecule has 118 valence electrons. The molecule has 0 heterocycles. The summed E-state index contributed by atoms with van der Waals surface area (Å²) in [5.41, 5.74) is -1.69. The largest absolute Gasteiger partial charge is 0.480 e. The first-order chi connectivity index (χ1) is 9.39. The van der Waals surface area contributed by atoms with E-state index in [0.29, 0.717) is 12.1 Å². The lowest BCUT2D eigenvalue weighted by molar-refractivity contribution is -0.140. The van der Waals surface area contributed by atoms with Crippen molar-refractivity contribution in [1.29, 1.82) is 0 Å². The molecule has 10 heteroatoms. The molecular weight excluding hydrogens is 318 g/mol. The van der Waals surface area contributed by atoms with Crippen LogP contribution in [0.15, 0.2) is 23.1 Å². The van der Waals surface area contributed by atoms with Gasteiger partial charge in [-0.1, -0.05) is 0 Å². The predicted octanol–water partition coefficient (Wildman–Crippen LogP) is 1.94. The first kappa shape index (κ1) is 17.4. The molecule has 0 aliphatic heterocycles. The number of aliphatic carboxylic acids is 1. The second-order valence-corrected chi connectivity index (χ2v) is 6.14. The van der Waals surface area contributed by atoms with E-state index in [4.69, 9.17) is 5.11 Å². The molecule has 0 aromatic heterocycles. The molecule has 1 atom stereocenters. The van der Waals surface area contributed by atoms with Crippen LogP contribution in [0.2, 0.25) is 0 Å². The molecule has 5 nitrogen and oxygen atoms in total. The van der Waals surface area contributed by atoms with Crippen molar-refractivity contribution >= 4 is 16.0 Å². The van der Waals surface area contributed by atoms with E-state index in [1.165, 1.54) is 0 Å². The fourth-order valence-corrected chi connectivity index (χ4v) is 2.98. The number of likely N-dealkylation sites (N-methyl/N-ethyl adjacent to an activating group) is 1. The maximum Gasteiger partial charge on any atom is 0.417 e. The molecule has 1 N–H and O–H groups in total. The molecule has 21 heavy (non-hydrogen) atoms. The third kappa shape index (κ3) is 3.50. The summed E-state index contributed by atoms with van der Waals surface area (Å²) < 4.78 is 75.9. The number of carboxylic acid groups (broad SMARTS) is 1. The molecule has 1 unspecified atom stereocenters. The number of carbonyl (C=O) groups is 1. The fourth-order valence-electron chi connectivity index (χ4n) is 1.47. The lowest BCUT2D eigenvalue weighted by atomic mass is 10.2. The molecule has 0 saturated carbocycles. The van der Waals surface area contributed by atoms with Gasteiger partial charge in [-0.2, -0.15) is 17.5 Å². The molecule has 0 aliphatic carbocycles. The third-order valence-electron chi connectivity index (χ3n) is 2.81. The number of hydrogen-bond acceptors (Lipinski definition) is 3. The first-order valence-electron chi connectivity index (χ1n) is 5.46. The number of carboxylic acids is 1. The lowest BCUT2D eigenvalue weighted by Crippen LogP contribution is -2.40. The van der Waals surface area contributed by atoms with Gasteiger partial charge in [0.05, 0.1) is 10.5 Å². The number of halogens is 4. The van der Waals surface area contributed by atoms with E-state index < -0.39 is 44.5 Å². The summed E-state index contributed by atoms with van der Waals surface area (Å²) >= 11 is 0. The van der Waals surface area contributed by atoms with Crippen LogP contribution in [0.5, 0.6) is 0 Å². The minimum atomic E-state index is -5.10. The summed E-state index contributed by atoms with van der Waals surface area (Å²) in [7, 11) is -3.92. The zero-order valence-electron chi connectivity index (χ0n) is 10.8. The third-order valence-corrected chi connectivity index (χ3v) is 4.79. The van der Waals surface area contributed by atoms with Crippen LogP contribution in [-0.4, -0.2) is 36.9 Å². The van der Waals surface area contributed by atoms with Crippen molar-refractivity contribution in [3.63, 3.8) is 0 Å². The van der Waals surface area contributed by atoms with E-state index in [1.54, 1.807) is 0 Å². The van der Waals surface area contributed by atoms with Gasteiger partial charge in [0, 0.05) is 7.05 Å². The highest BCUT2D eigenvalue weighted by atomic mass is 32.2. The maximum absolute atomic E-state index is 13.0. The van der Waals surface area contributed by atoms with Gasteiger partial charge in [0.2, 0.25) is 10.0 Å². The van der Waals surface area contributed by atoms with Crippen LogP contribution in [0.1, 0.15) is 12.5 Å². The molecule has 0 amide bonds. The number of hydrogen-bond donors (Lipinski definition) is 1. The Hall–Kier alpha value is -1.68. The summed E-state index contributed by atoms with van der Waals surface area (Å²) in [5.74, 6) is -2.79. The van der Waals surface area contributed by atoms with Crippen LogP contribution >= 0.6 is 0 Å². The lowest BCUT2D eigenvalue weighted by Gasteiger charge is -2.23. The Morgan fingerprint density at radius 3 is 2.29 bits per heavy atom. The van der Waals surface area contributed by atoms with Gasteiger partial charge in [0.1, 0.15) is 11.9 Å². The fraction of sp³-hybridized carbons (Fsp3) is 0.364. The summed E-state index contributed by atoms with van der Waals surface area (Å²) in [6, 6.07) is -0.521. The normalized spacial score (nSPS) is 14.2. The van der Waals surface area contributed by atoms with Gasteiger partial charge < -0.3 is 5.11 Å². The molecule has 0 bridgehead atoms. The predicted molar refractivity (Wildman–Crippen MR) is 63.4 cm³/mol. The van der Waals surface area contributed by atoms with E-state index in [0.717, 1.165) is 14.0 Å². The van der Waals surface area contributed by atoms with Gasteiger partial charge in [-0.05, 0) is 25.1 Å². The standard InChI is InChI=1S/C11H11F4NO4S/c1-6(10(17)18)16(2)21(19,20)9-4-3-7(12)5-8(9)11(13,14)15/h3-6H,1-2H3,(H,17,18). The van der Waals surface area contributed by atoms with Crippen molar-refractivity contribution in [2.45, 2.75) is 24.0 Å². The van der Waals surface area contributed by atoms with Crippen molar-refractivity contribution in [2.24, 2.45) is 0 Å². The molecule has 1 aromatic rings. The van der Waals surface area contributed by atoms with E-state index in [2.05, 4.69) is 0 Å². The van der Waals surface area contributed by atoms with Crippen molar-refractivity contribution in [1.82, 2.24) is 4.31 Å². The van der Waals surface area contributed by atoms with Crippen LogP contribution in [0.4, 0.5) is 17.6 Å². The molecule has 0 fully saturated rings. The minimum Gasteiger partial charge on any atom is -0.480 e. The zero-order chi connectivity index (χ0) is 16.6. The number of nitrogens with zero attached hydrogens (tertiary/aromatic N) is 1. The minimum absolute atomic E-state index is 0.0478. The van der Waals surface area contributed by atoms with Crippen LogP contribution < -0.4 is 0 Å². The average molecular weight is 329 g/mol. The number of rotatable bonds is 4. The SMILES string of the molecule is CC(C(=O)O)N(C)S(=O)(=O)c1ccc(F)cc1C(F)(F)F. The van der Waals surface area contributed by atoms with Crippen LogP contribution in [-0.2, 0) is 21.0 Å². The molecule has 1 rings (SSSR count). The van der Waals surface area contributed by atoms with Crippen LogP contribution in [0, 0.1) is 5.82 Å². The Morgan fingerprint density at radius 2 is 1.86 bits per heavy atom. The summed E-state index contributed by atoms with van der Waals surface area (Å²) in [6.45, 7) is 0.997. The van der Waals surface area contributed by atoms with Gasteiger partial charge in [-0.3, -0.25) is 4.79 Å². The first-order valence-corrected chi connectivity index (χ1v) is 6.90. The second-order valence-electron chi connectivity index (χ2n) is 4.17. The molecule has 0 aliphatic rings. The van der Waals surface area contributed by atoms with Gasteiger partial charge in [-0.25, -0.2) is 12.8 Å². The Balaban J connectivity index is 3.49. The van der Waals surface area contributed by atoms with Crippen molar-refractivity contribution in [3.8, 4) is 0 Å². The van der Waals surface area contributed by atoms with Gasteiger partial charge in [-0.15, -0.1) is 0 Å². The number of alkyl halides is 3.